The van der Waals surface area contributed by atoms with Gasteiger partial charge in [-0.05, 0) is 19.3 Å². The van der Waals surface area contributed by atoms with Gasteiger partial charge in [0, 0.05) is 13.0 Å². The van der Waals surface area contributed by atoms with E-state index in [1.807, 2.05) is 0 Å². The molecule has 3 atom stereocenters. The Kier molecular flexibility index (Phi) is 2.05. The van der Waals surface area contributed by atoms with Crippen molar-refractivity contribution >= 4 is 5.97 Å². The highest BCUT2D eigenvalue weighted by atomic mass is 16.6. The summed E-state index contributed by atoms with van der Waals surface area (Å²) in [6, 6.07) is 0. The van der Waals surface area contributed by atoms with Crippen LogP contribution in [0.15, 0.2) is 0 Å². The number of fused-ring (bicyclic) bond motifs is 1. The van der Waals surface area contributed by atoms with E-state index in [2.05, 4.69) is 0 Å². The van der Waals surface area contributed by atoms with Crippen LogP contribution in [-0.4, -0.2) is 25.3 Å². The highest BCUT2D eigenvalue weighted by molar-refractivity contribution is 5.72. The molecular formula is C9H14O3. The molecule has 0 unspecified atom stereocenters. The van der Waals surface area contributed by atoms with Gasteiger partial charge in [-0.15, -0.1) is 0 Å². The van der Waals surface area contributed by atoms with Crippen molar-refractivity contribution in [1.29, 1.82) is 0 Å². The zero-order valence-corrected chi connectivity index (χ0v) is 7.29. The molecule has 68 valence electrons. The van der Waals surface area contributed by atoms with Crippen LogP contribution in [0.3, 0.4) is 0 Å². The van der Waals surface area contributed by atoms with Crippen molar-refractivity contribution in [2.24, 2.45) is 5.92 Å². The summed E-state index contributed by atoms with van der Waals surface area (Å²) in [4.78, 5) is 11.0. The smallest absolute Gasteiger partial charge is 0.306 e. The molecule has 12 heavy (non-hydrogen) atoms. The fraction of sp³-hybridized carbons (Fsp3) is 0.889. The molecule has 0 aromatic heterocycles. The van der Waals surface area contributed by atoms with Crippen LogP contribution in [0.1, 0.15) is 25.7 Å². The van der Waals surface area contributed by atoms with Gasteiger partial charge in [-0.25, -0.2) is 0 Å². The van der Waals surface area contributed by atoms with Crippen molar-refractivity contribution in [3.8, 4) is 0 Å². The van der Waals surface area contributed by atoms with E-state index in [1.54, 1.807) is 7.11 Å². The van der Waals surface area contributed by atoms with Gasteiger partial charge in [0.2, 0.25) is 0 Å². The largest absolute Gasteiger partial charge is 0.462 e. The van der Waals surface area contributed by atoms with Gasteiger partial charge in [0.25, 0.3) is 0 Å². The summed E-state index contributed by atoms with van der Waals surface area (Å²) < 4.78 is 10.5. The normalized spacial score (nSPS) is 40.8. The topological polar surface area (TPSA) is 35.5 Å². The summed E-state index contributed by atoms with van der Waals surface area (Å²) in [5.41, 5.74) is 0. The van der Waals surface area contributed by atoms with Gasteiger partial charge >= 0.3 is 5.97 Å². The molecule has 1 saturated heterocycles. The maximum absolute atomic E-state index is 11.0. The molecular weight excluding hydrogens is 156 g/mol. The number of ether oxygens (including phenoxy) is 2. The van der Waals surface area contributed by atoms with Crippen LogP contribution in [0.5, 0.6) is 0 Å². The first-order chi connectivity index (χ1) is 5.81. The lowest BCUT2D eigenvalue weighted by atomic mass is 9.83. The second-order valence-electron chi connectivity index (χ2n) is 3.60. The monoisotopic (exact) mass is 170 g/mol. The Balaban J connectivity index is 2.07. The molecule has 1 aliphatic carbocycles. The number of hydrogen-bond donors (Lipinski definition) is 0. The highest BCUT2D eigenvalue weighted by Gasteiger charge is 2.42. The lowest BCUT2D eigenvalue weighted by Crippen LogP contribution is -2.34. The molecule has 3 nitrogen and oxygen atoms in total. The highest BCUT2D eigenvalue weighted by Crippen LogP contribution is 2.36. The van der Waals surface area contributed by atoms with E-state index in [0.717, 1.165) is 19.3 Å². The van der Waals surface area contributed by atoms with Crippen LogP contribution < -0.4 is 0 Å². The number of methoxy groups -OCH3 is 1. The lowest BCUT2D eigenvalue weighted by molar-refractivity contribution is -0.142. The average molecular weight is 170 g/mol. The Hall–Kier alpha value is -0.570. The number of hydrogen-bond acceptors (Lipinski definition) is 3. The SMILES string of the molecule is CO[C@@H]1CCC[C@H]2OC(=O)C[C@H]12. The molecule has 2 rings (SSSR count). The summed E-state index contributed by atoms with van der Waals surface area (Å²) >= 11 is 0. The molecule has 0 amide bonds. The van der Waals surface area contributed by atoms with Crippen LogP contribution in [0.4, 0.5) is 0 Å². The summed E-state index contributed by atoms with van der Waals surface area (Å²) in [7, 11) is 1.72. The molecule has 3 heteroatoms. The number of carbonyl (C=O) groups excluding carboxylic acids is 1. The molecule has 0 aromatic rings. The van der Waals surface area contributed by atoms with E-state index < -0.39 is 0 Å². The summed E-state index contributed by atoms with van der Waals surface area (Å²) in [6.07, 6.45) is 4.17. The van der Waals surface area contributed by atoms with Crippen molar-refractivity contribution in [3.05, 3.63) is 0 Å². The first kappa shape index (κ1) is 8.05. The zero-order valence-electron chi connectivity index (χ0n) is 7.29. The van der Waals surface area contributed by atoms with Crippen molar-refractivity contribution in [2.45, 2.75) is 37.9 Å². The third-order valence-corrected chi connectivity index (χ3v) is 2.92. The minimum atomic E-state index is -0.0473. The predicted octanol–water partition coefficient (Wildman–Crippen LogP) is 1.12. The number of esters is 1. The Morgan fingerprint density at radius 2 is 2.33 bits per heavy atom. The van der Waals surface area contributed by atoms with Crippen molar-refractivity contribution in [3.63, 3.8) is 0 Å². The Labute approximate surface area is 72.0 Å². The molecule has 2 aliphatic rings. The van der Waals surface area contributed by atoms with Gasteiger partial charge in [-0.3, -0.25) is 4.79 Å². The van der Waals surface area contributed by atoms with Crippen molar-refractivity contribution < 1.29 is 14.3 Å². The Morgan fingerprint density at radius 3 is 3.08 bits per heavy atom. The fourth-order valence-electron chi connectivity index (χ4n) is 2.30. The van der Waals surface area contributed by atoms with Crippen LogP contribution in [0.25, 0.3) is 0 Å². The standard InChI is InChI=1S/C9H14O3/c1-11-7-3-2-4-8-6(7)5-9(10)12-8/h6-8H,2-5H2,1H3/t6-,7-,8-/m1/s1. The minimum absolute atomic E-state index is 0.0473. The van der Waals surface area contributed by atoms with E-state index >= 15 is 0 Å². The Bertz CT molecular complexity index is 190. The quantitative estimate of drug-likeness (QED) is 0.553. The third kappa shape index (κ3) is 1.22. The van der Waals surface area contributed by atoms with E-state index in [0.29, 0.717) is 12.3 Å². The zero-order chi connectivity index (χ0) is 8.55. The van der Waals surface area contributed by atoms with Gasteiger partial charge in [0.15, 0.2) is 0 Å². The van der Waals surface area contributed by atoms with Gasteiger partial charge in [-0.1, -0.05) is 0 Å². The van der Waals surface area contributed by atoms with Gasteiger partial charge < -0.3 is 9.47 Å². The molecule has 1 saturated carbocycles. The second kappa shape index (κ2) is 3.05. The summed E-state index contributed by atoms with van der Waals surface area (Å²) in [5.74, 6) is 0.283. The van der Waals surface area contributed by atoms with Crippen LogP contribution in [0, 0.1) is 5.92 Å². The van der Waals surface area contributed by atoms with E-state index in [4.69, 9.17) is 9.47 Å². The van der Waals surface area contributed by atoms with E-state index in [1.165, 1.54) is 0 Å². The van der Waals surface area contributed by atoms with Crippen molar-refractivity contribution in [1.82, 2.24) is 0 Å². The molecule has 0 aromatic carbocycles. The van der Waals surface area contributed by atoms with Gasteiger partial charge in [0.05, 0.1) is 12.5 Å². The van der Waals surface area contributed by atoms with E-state index in [9.17, 15) is 4.79 Å². The average Bonchev–Trinajstić information content (AvgIpc) is 2.44. The molecule has 0 N–H and O–H groups in total. The molecule has 0 spiro atoms. The number of carbonyl (C=O) groups is 1. The van der Waals surface area contributed by atoms with Crippen LogP contribution in [-0.2, 0) is 14.3 Å². The summed E-state index contributed by atoms with van der Waals surface area (Å²) in [5, 5.41) is 0. The lowest BCUT2D eigenvalue weighted by Gasteiger charge is -2.30. The first-order valence-electron chi connectivity index (χ1n) is 4.53. The van der Waals surface area contributed by atoms with Gasteiger partial charge in [-0.2, -0.15) is 0 Å². The predicted molar refractivity (Wildman–Crippen MR) is 42.6 cm³/mol. The first-order valence-corrected chi connectivity index (χ1v) is 4.53. The Morgan fingerprint density at radius 1 is 1.50 bits per heavy atom. The molecule has 0 bridgehead atoms. The molecule has 2 fully saturated rings. The maximum atomic E-state index is 11.0. The fourth-order valence-corrected chi connectivity index (χ4v) is 2.30. The van der Waals surface area contributed by atoms with Crippen molar-refractivity contribution in [2.75, 3.05) is 7.11 Å². The number of rotatable bonds is 1. The van der Waals surface area contributed by atoms with Crippen LogP contribution >= 0.6 is 0 Å². The second-order valence-corrected chi connectivity index (χ2v) is 3.60. The minimum Gasteiger partial charge on any atom is -0.462 e. The van der Waals surface area contributed by atoms with E-state index in [-0.39, 0.29) is 18.2 Å². The molecule has 1 heterocycles. The van der Waals surface area contributed by atoms with Gasteiger partial charge in [0.1, 0.15) is 6.10 Å². The third-order valence-electron chi connectivity index (χ3n) is 2.92. The molecule has 1 aliphatic heterocycles. The maximum Gasteiger partial charge on any atom is 0.306 e. The summed E-state index contributed by atoms with van der Waals surface area (Å²) in [6.45, 7) is 0. The van der Waals surface area contributed by atoms with Crippen LogP contribution in [0.2, 0.25) is 0 Å². The molecule has 0 radical (unpaired) electrons.